The van der Waals surface area contributed by atoms with Crippen molar-refractivity contribution in [2.45, 2.75) is 25.6 Å². The lowest BCUT2D eigenvalue weighted by molar-refractivity contribution is 0.0606. The minimum absolute atomic E-state index is 0.0697. The molecule has 3 rings (SSSR count). The van der Waals surface area contributed by atoms with Crippen LogP contribution in [0.15, 0.2) is 10.7 Å². The van der Waals surface area contributed by atoms with E-state index in [-0.39, 0.29) is 17.3 Å². The molecule has 1 saturated heterocycles. The van der Waals surface area contributed by atoms with E-state index in [1.165, 1.54) is 13.3 Å². The van der Waals surface area contributed by atoms with Gasteiger partial charge in [-0.2, -0.15) is 0 Å². The molecule has 0 unspecified atom stereocenters. The number of hydrogen-bond donors (Lipinski definition) is 2. The molecular weight excluding hydrogens is 463 g/mol. The van der Waals surface area contributed by atoms with Gasteiger partial charge in [-0.05, 0) is 29.3 Å². The first-order valence-corrected chi connectivity index (χ1v) is 10.1. The van der Waals surface area contributed by atoms with E-state index in [4.69, 9.17) is 11.6 Å². The van der Waals surface area contributed by atoms with Gasteiger partial charge < -0.3 is 19.9 Å². The maximum Gasteiger partial charge on any atom is 0.349 e. The molecule has 3 heterocycles. The largest absolute Gasteiger partial charge is 0.465 e. The Bertz CT molecular complexity index is 874. The van der Waals surface area contributed by atoms with Gasteiger partial charge in [-0.1, -0.05) is 22.9 Å². The summed E-state index contributed by atoms with van der Waals surface area (Å²) in [4.78, 5) is 33.1. The van der Waals surface area contributed by atoms with Crippen LogP contribution in [0.3, 0.4) is 0 Å². The van der Waals surface area contributed by atoms with Gasteiger partial charge in [0.25, 0.3) is 5.91 Å². The normalized spacial score (nSPS) is 19.8. The van der Waals surface area contributed by atoms with Crippen molar-refractivity contribution in [1.29, 1.82) is 0 Å². The molecule has 1 aliphatic rings. The minimum atomic E-state index is -1.29. The molecule has 2 atom stereocenters. The summed E-state index contributed by atoms with van der Waals surface area (Å²) in [5, 5.41) is 3.53. The molecule has 0 aliphatic carbocycles. The monoisotopic (exact) mass is 478 g/mol. The van der Waals surface area contributed by atoms with Gasteiger partial charge in [-0.3, -0.25) is 4.79 Å². The molecule has 146 valence electrons. The molecule has 11 heteroatoms. The molecule has 0 aromatic carbocycles. The van der Waals surface area contributed by atoms with E-state index in [1.54, 1.807) is 11.8 Å². The van der Waals surface area contributed by atoms with Gasteiger partial charge in [-0.15, -0.1) is 0 Å². The molecule has 0 radical (unpaired) electrons. The lowest BCUT2D eigenvalue weighted by Crippen LogP contribution is -2.52. The number of aryl methyl sites for hydroxylation is 1. The van der Waals surface area contributed by atoms with Crippen LogP contribution >= 0.6 is 38.9 Å². The first kappa shape index (κ1) is 20.1. The number of nitrogens with zero attached hydrogens (tertiary/aromatic N) is 2. The highest BCUT2D eigenvalue weighted by Crippen LogP contribution is 2.30. The van der Waals surface area contributed by atoms with E-state index in [2.05, 4.69) is 36.0 Å². The maximum atomic E-state index is 14.7. The van der Waals surface area contributed by atoms with Gasteiger partial charge in [0.2, 0.25) is 0 Å². The molecule has 1 amide bonds. The molecule has 0 saturated carbocycles. The van der Waals surface area contributed by atoms with Gasteiger partial charge in [0.05, 0.1) is 35.4 Å². The van der Waals surface area contributed by atoms with Crippen LogP contribution in [0.4, 0.5) is 9.52 Å². The zero-order valence-corrected chi connectivity index (χ0v) is 17.7. The fraction of sp³-hybridized carbons (Fsp3) is 0.438. The van der Waals surface area contributed by atoms with Crippen LogP contribution in [0.2, 0.25) is 5.02 Å². The number of aromatic nitrogens is 2. The van der Waals surface area contributed by atoms with E-state index in [0.717, 1.165) is 17.0 Å². The lowest BCUT2D eigenvalue weighted by Gasteiger charge is -2.34. The Hall–Kier alpha value is -1.65. The summed E-state index contributed by atoms with van der Waals surface area (Å²) >= 11 is 10.6. The number of thiazole rings is 1. The molecule has 2 N–H and O–H groups in total. The first-order chi connectivity index (χ1) is 12.8. The molecule has 1 aliphatic heterocycles. The Kier molecular flexibility index (Phi) is 6.07. The molecule has 7 nitrogen and oxygen atoms in total. The summed E-state index contributed by atoms with van der Waals surface area (Å²) in [7, 11) is 1.30. The number of methoxy groups -OCH3 is 1. The number of aromatic amines is 1. The van der Waals surface area contributed by atoms with Crippen LogP contribution in [0.5, 0.6) is 0 Å². The van der Waals surface area contributed by atoms with Crippen molar-refractivity contribution in [3.8, 4) is 0 Å². The number of H-pyrrole nitrogens is 1. The summed E-state index contributed by atoms with van der Waals surface area (Å²) in [5.74, 6) is -0.917. The standard InChI is InChI=1S/C16H17BrClFN4O3S/c1-7-11(17)12(18)13(21-7)14(24)22-9-3-4-23(6-8(9)19)16-20-5-10(27-16)15(25)26-2/h5,8-9,21H,3-4,6H2,1-2H3,(H,22,24)/t8-,9+/m0/s1. The predicted octanol–water partition coefficient (Wildman–Crippen LogP) is 3.33. The number of carbonyl (C=O) groups excluding carboxylic acids is 2. The summed E-state index contributed by atoms with van der Waals surface area (Å²) in [6.07, 6.45) is 0.533. The fourth-order valence-electron chi connectivity index (χ4n) is 2.82. The highest BCUT2D eigenvalue weighted by molar-refractivity contribution is 9.10. The van der Waals surface area contributed by atoms with Crippen molar-refractivity contribution in [2.75, 3.05) is 25.1 Å². The lowest BCUT2D eigenvalue weighted by atomic mass is 10.0. The second-order valence-electron chi connectivity index (χ2n) is 6.08. The van der Waals surface area contributed by atoms with E-state index in [0.29, 0.717) is 27.4 Å². The van der Waals surface area contributed by atoms with Crippen molar-refractivity contribution < 1.29 is 18.7 Å². The number of alkyl halides is 1. The number of halogens is 3. The predicted molar refractivity (Wildman–Crippen MR) is 105 cm³/mol. The fourth-order valence-corrected chi connectivity index (χ4v) is 4.26. The smallest absolute Gasteiger partial charge is 0.349 e. The SMILES string of the molecule is COC(=O)c1cnc(N2CC[C@@H](NC(=O)c3[nH]c(C)c(Br)c3Cl)[C@@H](F)C2)s1. The van der Waals surface area contributed by atoms with Gasteiger partial charge in [0.15, 0.2) is 5.13 Å². The maximum absolute atomic E-state index is 14.7. The molecule has 2 aromatic rings. The van der Waals surface area contributed by atoms with Crippen LogP contribution < -0.4 is 10.2 Å². The van der Waals surface area contributed by atoms with Gasteiger partial charge in [-0.25, -0.2) is 14.2 Å². The van der Waals surface area contributed by atoms with Crippen molar-refractivity contribution in [2.24, 2.45) is 0 Å². The second-order valence-corrected chi connectivity index (χ2v) is 8.26. The summed E-state index contributed by atoms with van der Waals surface area (Å²) < 4.78 is 19.9. The Morgan fingerprint density at radius 1 is 1.56 bits per heavy atom. The number of piperidine rings is 1. The average molecular weight is 480 g/mol. The van der Waals surface area contributed by atoms with Gasteiger partial charge in [0, 0.05) is 12.2 Å². The van der Waals surface area contributed by atoms with Crippen LogP contribution in [0.25, 0.3) is 0 Å². The number of anilines is 1. The van der Waals surface area contributed by atoms with E-state index in [9.17, 15) is 14.0 Å². The van der Waals surface area contributed by atoms with Gasteiger partial charge in [0.1, 0.15) is 16.7 Å². The highest BCUT2D eigenvalue weighted by Gasteiger charge is 2.33. The third-order valence-electron chi connectivity index (χ3n) is 4.29. The number of rotatable bonds is 4. The second kappa shape index (κ2) is 8.15. The molecular formula is C16H17BrClFN4O3S. The number of ether oxygens (including phenoxy) is 1. The molecule has 2 aromatic heterocycles. The zero-order valence-electron chi connectivity index (χ0n) is 14.5. The molecule has 1 fully saturated rings. The Morgan fingerprint density at radius 3 is 2.89 bits per heavy atom. The summed E-state index contributed by atoms with van der Waals surface area (Å²) in [6, 6.07) is -0.632. The van der Waals surface area contributed by atoms with Gasteiger partial charge >= 0.3 is 5.97 Å². The van der Waals surface area contributed by atoms with Crippen LogP contribution in [-0.2, 0) is 4.74 Å². The third kappa shape index (κ3) is 4.12. The summed E-state index contributed by atoms with van der Waals surface area (Å²) in [5.41, 5.74) is 0.931. The summed E-state index contributed by atoms with van der Waals surface area (Å²) in [6.45, 7) is 2.35. The quantitative estimate of drug-likeness (QED) is 0.657. The number of hydrogen-bond acceptors (Lipinski definition) is 6. The van der Waals surface area contributed by atoms with Crippen molar-refractivity contribution in [3.05, 3.63) is 32.0 Å². The number of carbonyl (C=O) groups is 2. The minimum Gasteiger partial charge on any atom is -0.465 e. The van der Waals surface area contributed by atoms with E-state index in [1.807, 2.05) is 0 Å². The topological polar surface area (TPSA) is 87.3 Å². The Balaban J connectivity index is 1.63. The van der Waals surface area contributed by atoms with Crippen LogP contribution in [0, 0.1) is 6.92 Å². The number of esters is 1. The molecule has 0 bridgehead atoms. The van der Waals surface area contributed by atoms with Crippen molar-refractivity contribution >= 4 is 55.9 Å². The zero-order chi connectivity index (χ0) is 19.7. The first-order valence-electron chi connectivity index (χ1n) is 8.09. The van der Waals surface area contributed by atoms with Crippen LogP contribution in [-0.4, -0.2) is 54.3 Å². The van der Waals surface area contributed by atoms with Crippen molar-refractivity contribution in [3.63, 3.8) is 0 Å². The molecule has 27 heavy (non-hydrogen) atoms. The molecule has 0 spiro atoms. The van der Waals surface area contributed by atoms with E-state index >= 15 is 0 Å². The van der Waals surface area contributed by atoms with Crippen LogP contribution in [0.1, 0.15) is 32.3 Å². The third-order valence-corrected chi connectivity index (χ3v) is 6.93. The highest BCUT2D eigenvalue weighted by atomic mass is 79.9. The van der Waals surface area contributed by atoms with Crippen molar-refractivity contribution in [1.82, 2.24) is 15.3 Å². The number of amides is 1. The number of nitrogens with one attached hydrogen (secondary N) is 2. The van der Waals surface area contributed by atoms with E-state index < -0.39 is 24.1 Å². The Labute approximate surface area is 172 Å². The average Bonchev–Trinajstić information content (AvgIpc) is 3.24. The Morgan fingerprint density at radius 2 is 2.30 bits per heavy atom.